The highest BCUT2D eigenvalue weighted by Gasteiger charge is 2.29. The quantitative estimate of drug-likeness (QED) is 0.827. The van der Waals surface area contributed by atoms with Crippen molar-refractivity contribution in [1.29, 1.82) is 0 Å². The third-order valence-electron chi connectivity index (χ3n) is 3.17. The zero-order valence-corrected chi connectivity index (χ0v) is 13.4. The van der Waals surface area contributed by atoms with E-state index < -0.39 is 10.0 Å². The normalized spacial score (nSPS) is 16.4. The van der Waals surface area contributed by atoms with E-state index in [-0.39, 0.29) is 34.9 Å². The third-order valence-corrected chi connectivity index (χ3v) is 4.89. The summed E-state index contributed by atoms with van der Waals surface area (Å²) in [4.78, 5) is 0.112. The molecule has 1 unspecified atom stereocenters. The second-order valence-electron chi connectivity index (χ2n) is 4.65. The lowest BCUT2D eigenvalue weighted by molar-refractivity contribution is 0.414. The Kier molecular flexibility index (Phi) is 6.09. The molecule has 8 heteroatoms. The average Bonchev–Trinajstić information content (AvgIpc) is 3.20. The molecule has 0 saturated heterocycles. The Morgan fingerprint density at radius 3 is 2.65 bits per heavy atom. The van der Waals surface area contributed by atoms with Crippen molar-refractivity contribution >= 4 is 34.0 Å². The van der Waals surface area contributed by atoms with Gasteiger partial charge in [0, 0.05) is 12.6 Å². The number of rotatable bonds is 6. The molecule has 1 atom stereocenters. The molecule has 1 saturated carbocycles. The van der Waals surface area contributed by atoms with Crippen molar-refractivity contribution in [1.82, 2.24) is 4.72 Å². The fraction of sp³-hybridized carbons (Fsp3) is 0.500. The van der Waals surface area contributed by atoms with Gasteiger partial charge in [0.2, 0.25) is 10.0 Å². The minimum atomic E-state index is -3.58. The van der Waals surface area contributed by atoms with Crippen LogP contribution < -0.4 is 15.2 Å². The van der Waals surface area contributed by atoms with Crippen molar-refractivity contribution in [3.63, 3.8) is 0 Å². The van der Waals surface area contributed by atoms with Crippen LogP contribution >= 0.6 is 24.0 Å². The van der Waals surface area contributed by atoms with Crippen molar-refractivity contribution in [2.24, 2.45) is 11.7 Å². The Morgan fingerprint density at radius 1 is 1.50 bits per heavy atom. The van der Waals surface area contributed by atoms with Gasteiger partial charge in [0.25, 0.3) is 0 Å². The van der Waals surface area contributed by atoms with E-state index in [1.54, 1.807) is 0 Å². The molecule has 20 heavy (non-hydrogen) atoms. The summed E-state index contributed by atoms with van der Waals surface area (Å²) in [5.74, 6) is 0.887. The van der Waals surface area contributed by atoms with Crippen molar-refractivity contribution in [3.8, 4) is 5.75 Å². The van der Waals surface area contributed by atoms with Gasteiger partial charge >= 0.3 is 0 Å². The van der Waals surface area contributed by atoms with Gasteiger partial charge in [-0.2, -0.15) is 0 Å². The standard InChI is InChI=1S/C12H17ClN2O3S.ClH/c1-18-12-5-4-9(6-10(12)13)19(16,17)15-7-11(14)8-2-3-8;/h4-6,8,11,15H,2-3,7,14H2,1H3;1H. The summed E-state index contributed by atoms with van der Waals surface area (Å²) in [5.41, 5.74) is 5.87. The number of benzene rings is 1. The highest BCUT2D eigenvalue weighted by atomic mass is 35.5. The molecule has 114 valence electrons. The highest BCUT2D eigenvalue weighted by Crippen LogP contribution is 2.31. The molecule has 0 spiro atoms. The Morgan fingerprint density at radius 2 is 2.15 bits per heavy atom. The van der Waals surface area contributed by atoms with Gasteiger partial charge in [0.15, 0.2) is 0 Å². The van der Waals surface area contributed by atoms with Crippen molar-refractivity contribution < 1.29 is 13.2 Å². The second-order valence-corrected chi connectivity index (χ2v) is 6.82. The first kappa shape index (κ1) is 17.5. The van der Waals surface area contributed by atoms with Gasteiger partial charge in [0.1, 0.15) is 5.75 Å². The van der Waals surface area contributed by atoms with Gasteiger partial charge in [-0.05, 0) is 37.0 Å². The van der Waals surface area contributed by atoms with E-state index in [4.69, 9.17) is 22.1 Å². The number of halogens is 2. The number of hydrogen-bond acceptors (Lipinski definition) is 4. The van der Waals surface area contributed by atoms with Crippen LogP contribution in [0, 0.1) is 5.92 Å². The van der Waals surface area contributed by atoms with E-state index in [1.807, 2.05) is 0 Å². The van der Waals surface area contributed by atoms with Gasteiger partial charge in [-0.15, -0.1) is 12.4 Å². The van der Waals surface area contributed by atoms with Crippen LogP contribution in [-0.2, 0) is 10.0 Å². The maximum atomic E-state index is 12.1. The first-order valence-electron chi connectivity index (χ1n) is 6.03. The molecule has 0 aromatic heterocycles. The van der Waals surface area contributed by atoms with Crippen LogP contribution in [0.5, 0.6) is 5.75 Å². The molecule has 0 heterocycles. The molecule has 1 aliphatic rings. The number of nitrogens with two attached hydrogens (primary N) is 1. The van der Waals surface area contributed by atoms with Gasteiger partial charge in [-0.1, -0.05) is 11.6 Å². The zero-order valence-electron chi connectivity index (χ0n) is 11.0. The van der Waals surface area contributed by atoms with E-state index in [9.17, 15) is 8.42 Å². The van der Waals surface area contributed by atoms with Crippen LogP contribution in [0.1, 0.15) is 12.8 Å². The highest BCUT2D eigenvalue weighted by molar-refractivity contribution is 7.89. The van der Waals surface area contributed by atoms with Crippen LogP contribution in [0.2, 0.25) is 5.02 Å². The summed E-state index contributed by atoms with van der Waals surface area (Å²) in [6.45, 7) is 0.247. The molecule has 0 aliphatic heterocycles. The predicted octanol–water partition coefficient (Wildman–Crippen LogP) is 1.79. The van der Waals surface area contributed by atoms with Crippen LogP contribution in [0.4, 0.5) is 0 Å². The summed E-state index contributed by atoms with van der Waals surface area (Å²) in [7, 11) is -2.10. The number of ether oxygens (including phenoxy) is 1. The minimum absolute atomic E-state index is 0. The molecule has 0 amide bonds. The summed E-state index contributed by atoms with van der Waals surface area (Å²) in [6.07, 6.45) is 2.16. The van der Waals surface area contributed by atoms with E-state index >= 15 is 0 Å². The number of methoxy groups -OCH3 is 1. The molecule has 1 aliphatic carbocycles. The van der Waals surface area contributed by atoms with E-state index in [1.165, 1.54) is 25.3 Å². The van der Waals surface area contributed by atoms with E-state index in [0.717, 1.165) is 12.8 Å². The average molecular weight is 341 g/mol. The Bertz CT molecular complexity index is 562. The molecule has 0 bridgehead atoms. The molecule has 2 rings (SSSR count). The molecular formula is C12H18Cl2N2O3S. The lowest BCUT2D eigenvalue weighted by atomic mass is 10.2. The molecule has 5 nitrogen and oxygen atoms in total. The summed E-state index contributed by atoms with van der Waals surface area (Å²) >= 11 is 5.92. The van der Waals surface area contributed by atoms with Crippen molar-refractivity contribution in [2.45, 2.75) is 23.8 Å². The lowest BCUT2D eigenvalue weighted by Gasteiger charge is -2.12. The van der Waals surface area contributed by atoms with Crippen LogP contribution in [0.15, 0.2) is 23.1 Å². The number of sulfonamides is 1. The number of nitrogens with one attached hydrogen (secondary N) is 1. The Labute approximate surface area is 130 Å². The minimum Gasteiger partial charge on any atom is -0.495 e. The van der Waals surface area contributed by atoms with Crippen molar-refractivity contribution in [2.75, 3.05) is 13.7 Å². The second kappa shape index (κ2) is 6.95. The molecule has 0 radical (unpaired) electrons. The summed E-state index contributed by atoms with van der Waals surface area (Å²) < 4.78 is 31.6. The SMILES string of the molecule is COc1ccc(S(=O)(=O)NCC(N)C2CC2)cc1Cl.Cl. The van der Waals surface area contributed by atoms with Crippen LogP contribution in [0.3, 0.4) is 0 Å². The molecule has 1 fully saturated rings. The van der Waals surface area contributed by atoms with Crippen LogP contribution in [0.25, 0.3) is 0 Å². The molecule has 3 N–H and O–H groups in total. The van der Waals surface area contributed by atoms with Crippen LogP contribution in [-0.4, -0.2) is 28.1 Å². The predicted molar refractivity (Wildman–Crippen MR) is 81.1 cm³/mol. The van der Waals surface area contributed by atoms with Gasteiger partial charge in [-0.3, -0.25) is 0 Å². The monoisotopic (exact) mass is 340 g/mol. The molecule has 1 aromatic carbocycles. The Hall–Kier alpha value is -0.530. The number of hydrogen-bond donors (Lipinski definition) is 2. The summed E-state index contributed by atoms with van der Waals surface area (Å²) in [5, 5.41) is 0.261. The lowest BCUT2D eigenvalue weighted by Crippen LogP contribution is -2.38. The maximum Gasteiger partial charge on any atom is 0.240 e. The zero-order chi connectivity index (χ0) is 14.0. The Balaban J connectivity index is 0.00000200. The fourth-order valence-corrected chi connectivity index (χ4v) is 3.22. The molecular weight excluding hydrogens is 323 g/mol. The summed E-state index contributed by atoms with van der Waals surface area (Å²) in [6, 6.07) is 4.22. The first-order valence-corrected chi connectivity index (χ1v) is 7.89. The third kappa shape index (κ3) is 4.23. The molecule has 1 aromatic rings. The maximum absolute atomic E-state index is 12.1. The van der Waals surface area contributed by atoms with E-state index in [2.05, 4.69) is 4.72 Å². The van der Waals surface area contributed by atoms with E-state index in [0.29, 0.717) is 11.7 Å². The van der Waals surface area contributed by atoms with Gasteiger partial charge < -0.3 is 10.5 Å². The smallest absolute Gasteiger partial charge is 0.240 e. The largest absolute Gasteiger partial charge is 0.495 e. The van der Waals surface area contributed by atoms with Crippen molar-refractivity contribution in [3.05, 3.63) is 23.2 Å². The first-order chi connectivity index (χ1) is 8.94. The fourth-order valence-electron chi connectivity index (χ4n) is 1.79. The van der Waals surface area contributed by atoms with Gasteiger partial charge in [0.05, 0.1) is 17.0 Å². The topological polar surface area (TPSA) is 81.4 Å². The van der Waals surface area contributed by atoms with Gasteiger partial charge in [-0.25, -0.2) is 13.1 Å².